The average molecular weight is 269 g/mol. The van der Waals surface area contributed by atoms with Gasteiger partial charge in [-0.15, -0.1) is 0 Å². The van der Waals surface area contributed by atoms with Crippen molar-refractivity contribution in [3.63, 3.8) is 0 Å². The van der Waals surface area contributed by atoms with Crippen molar-refractivity contribution in [3.8, 4) is 0 Å². The number of halogens is 1. The topological polar surface area (TPSA) is 93.5 Å². The number of nitrogens with one attached hydrogen (secondary N) is 2. The normalized spacial score (nSPS) is 10.2. The molecule has 0 atom stereocenters. The van der Waals surface area contributed by atoms with Crippen LogP contribution in [0.5, 0.6) is 0 Å². The molecule has 0 radical (unpaired) electrons. The minimum atomic E-state index is -0.538. The van der Waals surface area contributed by atoms with E-state index < -0.39 is 11.7 Å². The fourth-order valence-electron chi connectivity index (χ4n) is 1.29. The van der Waals surface area contributed by atoms with Gasteiger partial charge in [0.15, 0.2) is 0 Å². The average Bonchev–Trinajstić information content (AvgIpc) is 2.33. The van der Waals surface area contributed by atoms with Gasteiger partial charge in [0.2, 0.25) is 11.8 Å². The van der Waals surface area contributed by atoms with Gasteiger partial charge in [-0.1, -0.05) is 6.07 Å². The van der Waals surface area contributed by atoms with Gasteiger partial charge in [0.1, 0.15) is 12.4 Å². The van der Waals surface area contributed by atoms with Gasteiger partial charge in [-0.3, -0.25) is 9.59 Å². The molecular formula is C12H16FN3O3. The zero-order chi connectivity index (χ0) is 14.1. The lowest BCUT2D eigenvalue weighted by Gasteiger charge is -2.07. The Kier molecular flexibility index (Phi) is 6.48. The van der Waals surface area contributed by atoms with Gasteiger partial charge >= 0.3 is 0 Å². The van der Waals surface area contributed by atoms with E-state index in [2.05, 4.69) is 10.6 Å². The van der Waals surface area contributed by atoms with E-state index in [1.54, 1.807) is 6.07 Å². The van der Waals surface area contributed by atoms with Crippen LogP contribution in [0.2, 0.25) is 0 Å². The lowest BCUT2D eigenvalue weighted by Crippen LogP contribution is -2.31. The van der Waals surface area contributed by atoms with Crippen LogP contribution in [-0.4, -0.2) is 38.1 Å². The van der Waals surface area contributed by atoms with Crippen LogP contribution in [0.25, 0.3) is 0 Å². The lowest BCUT2D eigenvalue weighted by molar-refractivity contribution is -0.122. The molecule has 7 heteroatoms. The maximum Gasteiger partial charge on any atom is 0.243 e. The number of ether oxygens (including phenoxy) is 1. The summed E-state index contributed by atoms with van der Waals surface area (Å²) in [6.45, 7) is 0.605. The summed E-state index contributed by atoms with van der Waals surface area (Å²) in [5.74, 6) is -1.24. The largest absolute Gasteiger partial charge is 0.370 e. The van der Waals surface area contributed by atoms with Crippen LogP contribution in [0, 0.1) is 5.82 Å². The predicted molar refractivity (Wildman–Crippen MR) is 67.9 cm³/mol. The van der Waals surface area contributed by atoms with Crippen LogP contribution in [0.15, 0.2) is 24.3 Å². The molecular weight excluding hydrogens is 253 g/mol. The van der Waals surface area contributed by atoms with E-state index in [1.807, 2.05) is 0 Å². The van der Waals surface area contributed by atoms with Crippen LogP contribution in [0.1, 0.15) is 0 Å². The van der Waals surface area contributed by atoms with Crippen molar-refractivity contribution in [2.24, 2.45) is 5.73 Å². The summed E-state index contributed by atoms with van der Waals surface area (Å²) in [5.41, 5.74) is 5.27. The van der Waals surface area contributed by atoms with E-state index in [-0.39, 0.29) is 25.7 Å². The highest BCUT2D eigenvalue weighted by molar-refractivity contribution is 5.92. The monoisotopic (exact) mass is 269 g/mol. The molecule has 0 unspecified atom stereocenters. The molecule has 1 aromatic rings. The number of hydrogen-bond acceptors (Lipinski definition) is 4. The first-order valence-corrected chi connectivity index (χ1v) is 5.70. The first-order valence-electron chi connectivity index (χ1n) is 5.70. The van der Waals surface area contributed by atoms with Crippen molar-refractivity contribution in [1.29, 1.82) is 0 Å². The summed E-state index contributed by atoms with van der Waals surface area (Å²) >= 11 is 0. The summed E-state index contributed by atoms with van der Waals surface area (Å²) in [7, 11) is 0. The summed E-state index contributed by atoms with van der Waals surface area (Å²) in [5, 5.41) is 5.35. The molecule has 0 spiro atoms. The Morgan fingerprint density at radius 2 is 2.16 bits per heavy atom. The van der Waals surface area contributed by atoms with Crippen molar-refractivity contribution < 1.29 is 18.7 Å². The second kappa shape index (κ2) is 8.17. The van der Waals surface area contributed by atoms with Gasteiger partial charge in [-0.05, 0) is 18.2 Å². The smallest absolute Gasteiger partial charge is 0.243 e. The van der Waals surface area contributed by atoms with Crippen LogP contribution >= 0.6 is 0 Å². The molecule has 0 fully saturated rings. The first-order chi connectivity index (χ1) is 9.08. The van der Waals surface area contributed by atoms with E-state index in [9.17, 15) is 14.0 Å². The van der Waals surface area contributed by atoms with Crippen LogP contribution in [-0.2, 0) is 14.3 Å². The van der Waals surface area contributed by atoms with Gasteiger partial charge in [-0.25, -0.2) is 4.39 Å². The highest BCUT2D eigenvalue weighted by Gasteiger charge is 2.02. The van der Waals surface area contributed by atoms with Gasteiger partial charge in [0.05, 0.1) is 13.2 Å². The van der Waals surface area contributed by atoms with Crippen LogP contribution < -0.4 is 16.4 Å². The van der Waals surface area contributed by atoms with Gasteiger partial charge in [-0.2, -0.15) is 0 Å². The highest BCUT2D eigenvalue weighted by atomic mass is 19.1. The molecule has 4 N–H and O–H groups in total. The maximum absolute atomic E-state index is 12.9. The summed E-state index contributed by atoms with van der Waals surface area (Å²) < 4.78 is 17.7. The Labute approximate surface area is 110 Å². The van der Waals surface area contributed by atoms with E-state index in [1.165, 1.54) is 18.2 Å². The van der Waals surface area contributed by atoms with Gasteiger partial charge in [0, 0.05) is 12.2 Å². The number of anilines is 1. The minimum Gasteiger partial charge on any atom is -0.370 e. The number of hydrogen-bond donors (Lipinski definition) is 3. The quantitative estimate of drug-likeness (QED) is 0.572. The van der Waals surface area contributed by atoms with E-state index >= 15 is 0 Å². The number of rotatable bonds is 8. The Balaban J connectivity index is 2.13. The van der Waals surface area contributed by atoms with Crippen molar-refractivity contribution in [3.05, 3.63) is 30.1 Å². The Morgan fingerprint density at radius 1 is 1.37 bits per heavy atom. The summed E-state index contributed by atoms with van der Waals surface area (Å²) in [6, 6.07) is 5.63. The number of carbonyl (C=O) groups excluding carboxylic acids is 2. The second-order valence-electron chi connectivity index (χ2n) is 3.75. The van der Waals surface area contributed by atoms with Gasteiger partial charge in [0.25, 0.3) is 0 Å². The molecule has 1 aromatic carbocycles. The molecule has 0 aliphatic heterocycles. The third-order valence-corrected chi connectivity index (χ3v) is 2.06. The summed E-state index contributed by atoms with van der Waals surface area (Å²) in [4.78, 5) is 21.8. The van der Waals surface area contributed by atoms with Crippen LogP contribution in [0.3, 0.4) is 0 Å². The molecule has 0 heterocycles. The fourth-order valence-corrected chi connectivity index (χ4v) is 1.29. The van der Waals surface area contributed by atoms with Crippen molar-refractivity contribution >= 4 is 17.5 Å². The standard InChI is InChI=1S/C12H16FN3O3/c13-9-2-1-3-10(6-9)16-12(18)7-15-4-5-19-8-11(14)17/h1-3,6,15H,4-5,7-8H2,(H2,14,17)(H,16,18). The Bertz CT molecular complexity index is 440. The number of carbonyl (C=O) groups is 2. The summed E-state index contributed by atoms with van der Waals surface area (Å²) in [6.07, 6.45) is 0. The maximum atomic E-state index is 12.9. The molecule has 6 nitrogen and oxygen atoms in total. The minimum absolute atomic E-state index is 0.0659. The molecule has 104 valence electrons. The third-order valence-electron chi connectivity index (χ3n) is 2.06. The molecule has 0 aliphatic carbocycles. The van der Waals surface area contributed by atoms with Crippen molar-refractivity contribution in [2.45, 2.75) is 0 Å². The zero-order valence-corrected chi connectivity index (χ0v) is 10.3. The second-order valence-corrected chi connectivity index (χ2v) is 3.75. The predicted octanol–water partition coefficient (Wildman–Crippen LogP) is -0.144. The van der Waals surface area contributed by atoms with E-state index in [0.717, 1.165) is 0 Å². The van der Waals surface area contributed by atoms with Crippen molar-refractivity contribution in [1.82, 2.24) is 5.32 Å². The molecule has 0 saturated carbocycles. The third kappa shape index (κ3) is 7.12. The lowest BCUT2D eigenvalue weighted by atomic mass is 10.3. The van der Waals surface area contributed by atoms with E-state index in [0.29, 0.717) is 12.2 Å². The Morgan fingerprint density at radius 3 is 2.84 bits per heavy atom. The molecule has 0 saturated heterocycles. The molecule has 19 heavy (non-hydrogen) atoms. The molecule has 0 aromatic heterocycles. The molecule has 0 aliphatic rings. The molecule has 0 bridgehead atoms. The number of nitrogens with two attached hydrogens (primary N) is 1. The first kappa shape index (κ1) is 15.1. The fraction of sp³-hybridized carbons (Fsp3) is 0.333. The number of benzene rings is 1. The SMILES string of the molecule is NC(=O)COCCNCC(=O)Nc1cccc(F)c1. The molecule has 2 amide bonds. The molecule has 1 rings (SSSR count). The zero-order valence-electron chi connectivity index (χ0n) is 10.3. The number of primary amides is 1. The Hall–Kier alpha value is -1.99. The van der Waals surface area contributed by atoms with Gasteiger partial charge < -0.3 is 21.1 Å². The van der Waals surface area contributed by atoms with E-state index in [4.69, 9.17) is 10.5 Å². The van der Waals surface area contributed by atoms with Crippen LogP contribution in [0.4, 0.5) is 10.1 Å². The number of amides is 2. The van der Waals surface area contributed by atoms with Crippen molar-refractivity contribution in [2.75, 3.05) is 31.6 Å². The highest BCUT2D eigenvalue weighted by Crippen LogP contribution is 2.08.